The molecule has 9 nitrogen and oxygen atoms in total. The van der Waals surface area contributed by atoms with Gasteiger partial charge in [-0.25, -0.2) is 4.98 Å². The van der Waals surface area contributed by atoms with Crippen LogP contribution in [0.2, 0.25) is 0 Å². The summed E-state index contributed by atoms with van der Waals surface area (Å²) in [5, 5.41) is 31.9. The van der Waals surface area contributed by atoms with Crippen molar-refractivity contribution in [2.24, 2.45) is 10.9 Å². The van der Waals surface area contributed by atoms with E-state index in [1.54, 1.807) is 4.90 Å². The summed E-state index contributed by atoms with van der Waals surface area (Å²) in [5.41, 5.74) is 5.35. The first-order valence-corrected chi connectivity index (χ1v) is 6.08. The van der Waals surface area contributed by atoms with Gasteiger partial charge in [0.2, 0.25) is 5.82 Å². The number of aromatic nitrogens is 1. The zero-order chi connectivity index (χ0) is 14.7. The van der Waals surface area contributed by atoms with Crippen LogP contribution in [0, 0.1) is 10.1 Å². The molecular formula is C11H15N5O4. The number of nitro groups is 1. The van der Waals surface area contributed by atoms with Gasteiger partial charge in [0.05, 0.1) is 17.6 Å². The summed E-state index contributed by atoms with van der Waals surface area (Å²) < 4.78 is 0. The third-order valence-corrected chi connectivity index (χ3v) is 3.31. The first kappa shape index (κ1) is 14.0. The lowest BCUT2D eigenvalue weighted by Crippen LogP contribution is -2.33. The second-order valence-electron chi connectivity index (χ2n) is 4.48. The Balaban J connectivity index is 2.45. The first-order chi connectivity index (χ1) is 9.58. The summed E-state index contributed by atoms with van der Waals surface area (Å²) in [5.74, 6) is -0.0479. The number of anilines is 1. The molecule has 0 aromatic carbocycles. The fourth-order valence-corrected chi connectivity index (χ4v) is 2.30. The minimum Gasteiger partial charge on any atom is -0.409 e. The van der Waals surface area contributed by atoms with Crippen LogP contribution in [0.25, 0.3) is 0 Å². The number of pyridine rings is 1. The Morgan fingerprint density at radius 1 is 1.70 bits per heavy atom. The third kappa shape index (κ3) is 2.48. The van der Waals surface area contributed by atoms with Crippen LogP contribution in [-0.4, -0.2) is 45.3 Å². The smallest absolute Gasteiger partial charge is 0.312 e. The molecule has 2 heterocycles. The molecule has 1 fully saturated rings. The molecule has 0 radical (unpaired) electrons. The van der Waals surface area contributed by atoms with Crippen molar-refractivity contribution in [2.45, 2.75) is 18.9 Å². The van der Waals surface area contributed by atoms with Crippen LogP contribution in [0.4, 0.5) is 11.5 Å². The number of amidine groups is 1. The molecule has 2 rings (SSSR count). The molecule has 108 valence electrons. The zero-order valence-corrected chi connectivity index (χ0v) is 10.6. The van der Waals surface area contributed by atoms with Crippen LogP contribution in [0.3, 0.4) is 0 Å². The molecule has 1 unspecified atom stereocenters. The molecule has 0 bridgehead atoms. The third-order valence-electron chi connectivity index (χ3n) is 3.31. The monoisotopic (exact) mass is 281 g/mol. The van der Waals surface area contributed by atoms with Crippen LogP contribution in [0.1, 0.15) is 18.4 Å². The molecule has 1 saturated heterocycles. The molecule has 1 aliphatic heterocycles. The molecule has 0 saturated carbocycles. The van der Waals surface area contributed by atoms with Gasteiger partial charge in [0.1, 0.15) is 0 Å². The van der Waals surface area contributed by atoms with Gasteiger partial charge in [0.15, 0.2) is 5.84 Å². The Bertz CT molecular complexity index is 548. The van der Waals surface area contributed by atoms with Crippen molar-refractivity contribution in [2.75, 3.05) is 18.1 Å². The van der Waals surface area contributed by atoms with Crippen molar-refractivity contribution < 1.29 is 15.2 Å². The van der Waals surface area contributed by atoms with E-state index in [9.17, 15) is 15.2 Å². The van der Waals surface area contributed by atoms with Gasteiger partial charge in [0, 0.05) is 24.4 Å². The van der Waals surface area contributed by atoms with E-state index in [-0.39, 0.29) is 35.6 Å². The zero-order valence-electron chi connectivity index (χ0n) is 10.6. The van der Waals surface area contributed by atoms with Gasteiger partial charge in [-0.1, -0.05) is 5.16 Å². The number of rotatable bonds is 4. The van der Waals surface area contributed by atoms with Gasteiger partial charge < -0.3 is 20.9 Å². The average molecular weight is 281 g/mol. The standard InChI is InChI=1S/C11H15N5O4/c12-10(14-18)7-4-9(16(19)20)11(13-5-7)15-3-1-2-8(15)6-17/h4-5,8,17-18H,1-3,6H2,(H2,12,14). The number of nitrogens with two attached hydrogens (primary N) is 1. The largest absolute Gasteiger partial charge is 0.409 e. The number of nitrogens with zero attached hydrogens (tertiary/aromatic N) is 4. The molecule has 20 heavy (non-hydrogen) atoms. The summed E-state index contributed by atoms with van der Waals surface area (Å²) in [6.45, 7) is 0.517. The van der Waals surface area contributed by atoms with Crippen molar-refractivity contribution in [3.05, 3.63) is 27.9 Å². The molecule has 4 N–H and O–H groups in total. The Morgan fingerprint density at radius 2 is 2.45 bits per heavy atom. The number of aliphatic hydroxyl groups is 1. The van der Waals surface area contributed by atoms with Crippen molar-refractivity contribution in [1.29, 1.82) is 0 Å². The van der Waals surface area contributed by atoms with Crippen LogP contribution in [0.5, 0.6) is 0 Å². The fraction of sp³-hybridized carbons (Fsp3) is 0.455. The van der Waals surface area contributed by atoms with E-state index in [4.69, 9.17) is 10.9 Å². The number of hydrogen-bond acceptors (Lipinski definition) is 7. The lowest BCUT2D eigenvalue weighted by atomic mass is 10.2. The maximum absolute atomic E-state index is 11.2. The number of hydrogen-bond donors (Lipinski definition) is 3. The maximum atomic E-state index is 11.2. The number of oxime groups is 1. The Labute approximate surface area is 114 Å². The van der Waals surface area contributed by atoms with Gasteiger partial charge in [0.25, 0.3) is 0 Å². The summed E-state index contributed by atoms with van der Waals surface area (Å²) in [7, 11) is 0. The summed E-state index contributed by atoms with van der Waals surface area (Å²) >= 11 is 0. The maximum Gasteiger partial charge on any atom is 0.312 e. The van der Waals surface area contributed by atoms with E-state index in [2.05, 4.69) is 10.1 Å². The Hall–Kier alpha value is -2.42. The summed E-state index contributed by atoms with van der Waals surface area (Å²) in [6, 6.07) is 1.04. The SMILES string of the molecule is NC(=NO)c1cnc(N2CCCC2CO)c([N+](=O)[O-])c1. The molecule has 1 aliphatic rings. The van der Waals surface area contributed by atoms with Gasteiger partial charge in [-0.3, -0.25) is 10.1 Å². The highest BCUT2D eigenvalue weighted by Gasteiger charge is 2.31. The highest BCUT2D eigenvalue weighted by Crippen LogP contribution is 2.31. The van der Waals surface area contributed by atoms with Crippen molar-refractivity contribution in [1.82, 2.24) is 4.98 Å². The molecule has 1 aromatic rings. The van der Waals surface area contributed by atoms with Crippen LogP contribution < -0.4 is 10.6 Å². The van der Waals surface area contributed by atoms with E-state index < -0.39 is 4.92 Å². The Morgan fingerprint density at radius 3 is 3.05 bits per heavy atom. The topological polar surface area (TPSA) is 138 Å². The molecule has 1 atom stereocenters. The van der Waals surface area contributed by atoms with Gasteiger partial charge in [-0.15, -0.1) is 0 Å². The molecular weight excluding hydrogens is 266 g/mol. The molecule has 1 aromatic heterocycles. The predicted octanol–water partition coefficient (Wildman–Crippen LogP) is 0.0454. The Kier molecular flexibility index (Phi) is 3.99. The lowest BCUT2D eigenvalue weighted by Gasteiger charge is -2.23. The molecule has 0 spiro atoms. The van der Waals surface area contributed by atoms with E-state index in [1.807, 2.05) is 0 Å². The minimum absolute atomic E-state index is 0.0825. The molecule has 0 aliphatic carbocycles. The van der Waals surface area contributed by atoms with Crippen LogP contribution in [-0.2, 0) is 0 Å². The lowest BCUT2D eigenvalue weighted by molar-refractivity contribution is -0.384. The molecule has 0 amide bonds. The van der Waals surface area contributed by atoms with Crippen molar-refractivity contribution in [3.8, 4) is 0 Å². The fourth-order valence-electron chi connectivity index (χ4n) is 2.30. The second-order valence-corrected chi connectivity index (χ2v) is 4.48. The van der Waals surface area contributed by atoms with Gasteiger partial charge in [-0.05, 0) is 12.8 Å². The predicted molar refractivity (Wildman–Crippen MR) is 70.9 cm³/mol. The second kappa shape index (κ2) is 5.70. The van der Waals surface area contributed by atoms with Crippen molar-refractivity contribution in [3.63, 3.8) is 0 Å². The van der Waals surface area contributed by atoms with E-state index in [0.29, 0.717) is 6.54 Å². The average Bonchev–Trinajstić information content (AvgIpc) is 2.93. The first-order valence-electron chi connectivity index (χ1n) is 6.08. The number of aliphatic hydroxyl groups excluding tert-OH is 1. The van der Waals surface area contributed by atoms with E-state index >= 15 is 0 Å². The van der Waals surface area contributed by atoms with E-state index in [1.165, 1.54) is 12.3 Å². The minimum atomic E-state index is -0.566. The van der Waals surface area contributed by atoms with Gasteiger partial charge in [-0.2, -0.15) is 0 Å². The quantitative estimate of drug-likeness (QED) is 0.233. The molecule has 9 heteroatoms. The van der Waals surface area contributed by atoms with Crippen molar-refractivity contribution >= 4 is 17.3 Å². The highest BCUT2D eigenvalue weighted by molar-refractivity contribution is 5.97. The van der Waals surface area contributed by atoms with Crippen LogP contribution >= 0.6 is 0 Å². The van der Waals surface area contributed by atoms with Gasteiger partial charge >= 0.3 is 5.69 Å². The normalized spacial score (nSPS) is 19.4. The summed E-state index contributed by atoms with van der Waals surface area (Å²) in [6.07, 6.45) is 2.91. The highest BCUT2D eigenvalue weighted by atomic mass is 16.6. The van der Waals surface area contributed by atoms with Crippen LogP contribution in [0.15, 0.2) is 17.4 Å². The summed E-state index contributed by atoms with van der Waals surface area (Å²) in [4.78, 5) is 16.4. The van der Waals surface area contributed by atoms with E-state index in [0.717, 1.165) is 12.8 Å².